The lowest BCUT2D eigenvalue weighted by Crippen LogP contribution is -2.53. The zero-order chi connectivity index (χ0) is 24.4. The lowest BCUT2D eigenvalue weighted by molar-refractivity contribution is 0.00334. The van der Waals surface area contributed by atoms with Crippen molar-refractivity contribution < 1.29 is 14.2 Å². The van der Waals surface area contributed by atoms with Gasteiger partial charge in [-0.15, -0.1) is 0 Å². The summed E-state index contributed by atoms with van der Waals surface area (Å²) in [6.45, 7) is 0. The van der Waals surface area contributed by atoms with E-state index < -0.39 is 0 Å². The summed E-state index contributed by atoms with van der Waals surface area (Å²) in [6.07, 6.45) is 19.5. The fourth-order valence-electron chi connectivity index (χ4n) is 8.28. The van der Waals surface area contributed by atoms with Gasteiger partial charge in [0.2, 0.25) is 0 Å². The summed E-state index contributed by atoms with van der Waals surface area (Å²) in [5.41, 5.74) is 8.45. The molecule has 0 aromatic rings. The number of methoxy groups -OCH3 is 3. The molecule has 35 heavy (non-hydrogen) atoms. The molecule has 4 aliphatic carbocycles. The van der Waals surface area contributed by atoms with Crippen molar-refractivity contribution >= 4 is 0 Å². The lowest BCUT2D eigenvalue weighted by Gasteiger charge is -2.45. The van der Waals surface area contributed by atoms with E-state index in [0.29, 0.717) is 48.3 Å². The molecule has 0 amide bonds. The maximum atomic E-state index is 6.71. The molecule has 5 unspecified atom stereocenters. The van der Waals surface area contributed by atoms with Crippen molar-refractivity contribution in [1.82, 2.24) is 10.2 Å². The van der Waals surface area contributed by atoms with E-state index in [1.807, 2.05) is 21.3 Å². The highest BCUT2D eigenvalue weighted by Gasteiger charge is 2.49. The van der Waals surface area contributed by atoms with Gasteiger partial charge in [-0.3, -0.25) is 0 Å². The Balaban J connectivity index is 1.48. The van der Waals surface area contributed by atoms with E-state index in [4.69, 9.17) is 19.9 Å². The highest BCUT2D eigenvalue weighted by molar-refractivity contribution is 5.30. The van der Waals surface area contributed by atoms with E-state index in [9.17, 15) is 0 Å². The fourth-order valence-corrected chi connectivity index (χ4v) is 8.28. The number of rotatable bonds is 7. The number of ether oxygens (including phenoxy) is 3. The summed E-state index contributed by atoms with van der Waals surface area (Å²) in [5, 5.41) is 4.18. The Morgan fingerprint density at radius 2 is 1.31 bits per heavy atom. The quantitative estimate of drug-likeness (QED) is 0.539. The molecule has 3 N–H and O–H groups in total. The Labute approximate surface area is 213 Å². The molecule has 4 saturated carbocycles. The number of nitrogens with two attached hydrogens (primary N) is 1. The number of hydrogen-bond acceptors (Lipinski definition) is 6. The molecule has 4 fully saturated rings. The Morgan fingerprint density at radius 1 is 0.714 bits per heavy atom. The first-order valence-electron chi connectivity index (χ1n) is 14.8. The number of hydrogen-bond donors (Lipinski definition) is 2. The summed E-state index contributed by atoms with van der Waals surface area (Å²) < 4.78 is 17.5. The van der Waals surface area contributed by atoms with Crippen LogP contribution in [0.15, 0.2) is 11.4 Å². The molecule has 5 aliphatic rings. The van der Waals surface area contributed by atoms with Crippen LogP contribution in [0.3, 0.4) is 0 Å². The molecule has 0 bridgehead atoms. The van der Waals surface area contributed by atoms with E-state index in [-0.39, 0.29) is 6.04 Å². The minimum absolute atomic E-state index is 0.266. The Bertz CT molecular complexity index is 714. The van der Waals surface area contributed by atoms with Crippen LogP contribution in [0.5, 0.6) is 0 Å². The Kier molecular flexibility index (Phi) is 8.63. The molecule has 1 heterocycles. The Morgan fingerprint density at radius 3 is 1.94 bits per heavy atom. The molecule has 5 atom stereocenters. The monoisotopic (exact) mass is 489 g/mol. The zero-order valence-electron chi connectivity index (χ0n) is 22.6. The van der Waals surface area contributed by atoms with Crippen molar-refractivity contribution in [3.8, 4) is 0 Å². The van der Waals surface area contributed by atoms with E-state index in [1.54, 1.807) is 5.57 Å². The predicted octanol–water partition coefficient (Wildman–Crippen LogP) is 4.72. The molecule has 0 saturated heterocycles. The fraction of sp³-hybridized carbons (Fsp3) is 0.931. The van der Waals surface area contributed by atoms with E-state index in [1.165, 1.54) is 95.7 Å². The zero-order valence-corrected chi connectivity index (χ0v) is 22.6. The van der Waals surface area contributed by atoms with Crippen molar-refractivity contribution in [1.29, 1.82) is 0 Å². The first-order chi connectivity index (χ1) is 17.1. The van der Waals surface area contributed by atoms with Gasteiger partial charge in [-0.25, -0.2) is 0 Å². The van der Waals surface area contributed by atoms with Crippen LogP contribution in [0.4, 0.5) is 0 Å². The minimum atomic E-state index is 0.266. The molecule has 0 aromatic carbocycles. The summed E-state index contributed by atoms with van der Waals surface area (Å²) in [4.78, 5) is 2.90. The van der Waals surface area contributed by atoms with Crippen LogP contribution in [0.2, 0.25) is 0 Å². The van der Waals surface area contributed by atoms with Gasteiger partial charge in [-0.1, -0.05) is 12.8 Å². The van der Waals surface area contributed by atoms with Crippen LogP contribution in [0.25, 0.3) is 0 Å². The topological polar surface area (TPSA) is 69.0 Å². The molecular weight excluding hydrogens is 438 g/mol. The highest BCUT2D eigenvalue weighted by atomic mass is 16.5. The molecule has 0 aromatic heterocycles. The normalized spacial score (nSPS) is 42.7. The van der Waals surface area contributed by atoms with Gasteiger partial charge in [0.05, 0.1) is 18.3 Å². The van der Waals surface area contributed by atoms with E-state index in [2.05, 4.69) is 10.2 Å². The first kappa shape index (κ1) is 25.8. The number of nitrogens with zero attached hydrogens (tertiary/aromatic N) is 1. The lowest BCUT2D eigenvalue weighted by atomic mass is 9.72. The highest BCUT2D eigenvalue weighted by Crippen LogP contribution is 2.50. The van der Waals surface area contributed by atoms with Crippen LogP contribution in [0, 0.1) is 11.8 Å². The van der Waals surface area contributed by atoms with Crippen molar-refractivity contribution in [3.63, 3.8) is 0 Å². The van der Waals surface area contributed by atoms with Crippen LogP contribution in [-0.4, -0.2) is 68.7 Å². The average Bonchev–Trinajstić information content (AvgIpc) is 3.22. The Hall–Kier alpha value is -0.820. The van der Waals surface area contributed by atoms with Crippen molar-refractivity contribution in [3.05, 3.63) is 11.4 Å². The second kappa shape index (κ2) is 11.7. The molecule has 1 aliphatic heterocycles. The largest absolute Gasteiger partial charge is 0.381 e. The number of fused-ring (bicyclic) bond motifs is 1. The van der Waals surface area contributed by atoms with Crippen LogP contribution >= 0.6 is 0 Å². The SMILES string of the molecule is COC1CCC(C2=C(NC3CCCCC3N)N(C3CCC(OC)CC3)C3CCC(OC)CC23)CC1. The standard InChI is InChI=1S/C29H51N3O3/c1-33-21-12-8-19(9-13-21)28-24-18-23(35-3)16-17-27(24)32(20-10-14-22(34-2)15-11-20)29(28)31-26-7-5-4-6-25(26)30/h19-27,31H,4-18,30H2,1-3H3. The van der Waals surface area contributed by atoms with Crippen LogP contribution in [-0.2, 0) is 14.2 Å². The number of nitrogens with one attached hydrogen (secondary N) is 1. The summed E-state index contributed by atoms with van der Waals surface area (Å²) >= 11 is 0. The first-order valence-corrected chi connectivity index (χ1v) is 14.8. The summed E-state index contributed by atoms with van der Waals surface area (Å²) in [6, 6.07) is 1.90. The van der Waals surface area contributed by atoms with Gasteiger partial charge in [0.15, 0.2) is 0 Å². The maximum Gasteiger partial charge on any atom is 0.102 e. The van der Waals surface area contributed by atoms with Gasteiger partial charge in [0.25, 0.3) is 0 Å². The molecule has 0 spiro atoms. The second-order valence-corrected chi connectivity index (χ2v) is 12.1. The molecule has 6 nitrogen and oxygen atoms in total. The van der Waals surface area contributed by atoms with Crippen LogP contribution in [0.1, 0.15) is 96.3 Å². The van der Waals surface area contributed by atoms with Gasteiger partial charge in [0.1, 0.15) is 5.82 Å². The van der Waals surface area contributed by atoms with E-state index in [0.717, 1.165) is 6.42 Å². The third-order valence-electron chi connectivity index (χ3n) is 10.3. The van der Waals surface area contributed by atoms with Crippen LogP contribution < -0.4 is 11.1 Å². The molecule has 0 radical (unpaired) electrons. The molecule has 6 heteroatoms. The summed E-state index contributed by atoms with van der Waals surface area (Å²) in [5.74, 6) is 2.77. The van der Waals surface area contributed by atoms with Gasteiger partial charge < -0.3 is 30.2 Å². The van der Waals surface area contributed by atoms with Crippen molar-refractivity contribution in [2.24, 2.45) is 17.6 Å². The second-order valence-electron chi connectivity index (χ2n) is 12.1. The van der Waals surface area contributed by atoms with Gasteiger partial charge in [0, 0.05) is 51.4 Å². The third kappa shape index (κ3) is 5.42. The molecule has 5 rings (SSSR count). The smallest absolute Gasteiger partial charge is 0.102 e. The van der Waals surface area contributed by atoms with Gasteiger partial charge in [-0.2, -0.15) is 0 Å². The van der Waals surface area contributed by atoms with Crippen molar-refractivity contribution in [2.45, 2.75) is 139 Å². The third-order valence-corrected chi connectivity index (χ3v) is 10.3. The molecule has 200 valence electrons. The van der Waals surface area contributed by atoms with Gasteiger partial charge >= 0.3 is 0 Å². The predicted molar refractivity (Wildman–Crippen MR) is 140 cm³/mol. The average molecular weight is 490 g/mol. The van der Waals surface area contributed by atoms with Crippen molar-refractivity contribution in [2.75, 3.05) is 21.3 Å². The summed E-state index contributed by atoms with van der Waals surface area (Å²) in [7, 11) is 5.68. The van der Waals surface area contributed by atoms with E-state index >= 15 is 0 Å². The minimum Gasteiger partial charge on any atom is -0.381 e. The maximum absolute atomic E-state index is 6.71. The van der Waals surface area contributed by atoms with Gasteiger partial charge in [-0.05, 0) is 95.0 Å². The molecular formula is C29H51N3O3.